The molecule has 1 amide bonds. The number of phenolic OH excluding ortho intramolecular Hbond substituents is 1. The van der Waals surface area contributed by atoms with E-state index in [2.05, 4.69) is 21.2 Å². The first-order chi connectivity index (χ1) is 9.08. The predicted octanol–water partition coefficient (Wildman–Crippen LogP) is 2.79. The molecule has 19 heavy (non-hydrogen) atoms. The van der Waals surface area contributed by atoms with E-state index in [1.54, 1.807) is 24.3 Å². The van der Waals surface area contributed by atoms with Gasteiger partial charge in [-0.25, -0.2) is 0 Å². The van der Waals surface area contributed by atoms with E-state index in [9.17, 15) is 9.90 Å². The van der Waals surface area contributed by atoms with Crippen LogP contribution in [0.3, 0.4) is 0 Å². The molecule has 0 unspecified atom stereocenters. The molecule has 1 atom stereocenters. The molecule has 2 aromatic carbocycles. The molecular weight excluding hydrogens is 308 g/mol. The second kappa shape index (κ2) is 5.86. The number of halogens is 1. The van der Waals surface area contributed by atoms with Crippen LogP contribution >= 0.6 is 15.9 Å². The van der Waals surface area contributed by atoms with Crippen molar-refractivity contribution >= 4 is 27.5 Å². The third kappa shape index (κ3) is 3.33. The number of nitrogens with one attached hydrogen (secondary N) is 1. The van der Waals surface area contributed by atoms with Gasteiger partial charge < -0.3 is 16.2 Å². The molecular formula is C14H13BrN2O2. The lowest BCUT2D eigenvalue weighted by Gasteiger charge is -2.13. The van der Waals surface area contributed by atoms with Crippen LogP contribution in [0.25, 0.3) is 0 Å². The minimum absolute atomic E-state index is 0.00295. The van der Waals surface area contributed by atoms with Crippen molar-refractivity contribution in [1.82, 2.24) is 0 Å². The molecule has 0 bridgehead atoms. The maximum absolute atomic E-state index is 12.0. The predicted molar refractivity (Wildman–Crippen MR) is 77.8 cm³/mol. The molecule has 0 radical (unpaired) electrons. The number of nitrogens with two attached hydrogens (primary N) is 1. The van der Waals surface area contributed by atoms with Gasteiger partial charge in [-0.2, -0.15) is 0 Å². The summed E-state index contributed by atoms with van der Waals surface area (Å²) in [4.78, 5) is 12.0. The second-order valence-corrected chi connectivity index (χ2v) is 4.95. The van der Waals surface area contributed by atoms with Crippen LogP contribution in [0.5, 0.6) is 5.75 Å². The Balaban J connectivity index is 2.15. The summed E-state index contributed by atoms with van der Waals surface area (Å²) in [6.45, 7) is 0. The minimum Gasteiger partial charge on any atom is -0.506 e. The van der Waals surface area contributed by atoms with Gasteiger partial charge in [-0.1, -0.05) is 46.3 Å². The molecule has 0 saturated heterocycles. The van der Waals surface area contributed by atoms with Crippen molar-refractivity contribution in [2.24, 2.45) is 5.73 Å². The van der Waals surface area contributed by atoms with Crippen LogP contribution < -0.4 is 11.1 Å². The van der Waals surface area contributed by atoms with Gasteiger partial charge in [0.05, 0.1) is 5.69 Å². The number of carbonyl (C=O) groups is 1. The maximum atomic E-state index is 12.0. The van der Waals surface area contributed by atoms with E-state index in [-0.39, 0.29) is 11.7 Å². The Morgan fingerprint density at radius 3 is 2.58 bits per heavy atom. The molecule has 0 aromatic heterocycles. The highest BCUT2D eigenvalue weighted by atomic mass is 79.9. The summed E-state index contributed by atoms with van der Waals surface area (Å²) in [5.74, 6) is -0.378. The van der Waals surface area contributed by atoms with Gasteiger partial charge in [-0.05, 0) is 23.8 Å². The van der Waals surface area contributed by atoms with E-state index in [1.165, 1.54) is 6.07 Å². The number of aromatic hydroxyl groups is 1. The SMILES string of the molecule is N[C@H](C(=O)Nc1cc(Br)ccc1O)c1ccccc1. The van der Waals surface area contributed by atoms with Crippen molar-refractivity contribution in [3.8, 4) is 5.75 Å². The Hall–Kier alpha value is -1.85. The Kier molecular flexibility index (Phi) is 4.19. The van der Waals surface area contributed by atoms with Crippen LogP contribution in [0, 0.1) is 0 Å². The topological polar surface area (TPSA) is 75.4 Å². The summed E-state index contributed by atoms with van der Waals surface area (Å²) in [6, 6.07) is 13.1. The van der Waals surface area contributed by atoms with E-state index in [0.29, 0.717) is 5.69 Å². The van der Waals surface area contributed by atoms with Crippen LogP contribution in [0.15, 0.2) is 53.0 Å². The van der Waals surface area contributed by atoms with Crippen molar-refractivity contribution in [3.05, 3.63) is 58.6 Å². The fourth-order valence-corrected chi connectivity index (χ4v) is 1.99. The first-order valence-electron chi connectivity index (χ1n) is 5.68. The summed E-state index contributed by atoms with van der Waals surface area (Å²) in [6.07, 6.45) is 0. The van der Waals surface area contributed by atoms with E-state index < -0.39 is 6.04 Å². The van der Waals surface area contributed by atoms with Gasteiger partial charge in [-0.3, -0.25) is 4.79 Å². The van der Waals surface area contributed by atoms with E-state index in [0.717, 1.165) is 10.0 Å². The number of anilines is 1. The Morgan fingerprint density at radius 1 is 1.21 bits per heavy atom. The van der Waals surface area contributed by atoms with Crippen molar-refractivity contribution in [2.45, 2.75) is 6.04 Å². The number of rotatable bonds is 3. The van der Waals surface area contributed by atoms with Gasteiger partial charge >= 0.3 is 0 Å². The molecule has 2 aromatic rings. The lowest BCUT2D eigenvalue weighted by molar-refractivity contribution is -0.117. The summed E-state index contributed by atoms with van der Waals surface area (Å²) in [7, 11) is 0. The van der Waals surface area contributed by atoms with Crippen LogP contribution in [0.2, 0.25) is 0 Å². The molecule has 4 nitrogen and oxygen atoms in total. The van der Waals surface area contributed by atoms with Gasteiger partial charge in [0.15, 0.2) is 0 Å². The third-order valence-electron chi connectivity index (χ3n) is 2.66. The highest BCUT2D eigenvalue weighted by molar-refractivity contribution is 9.10. The lowest BCUT2D eigenvalue weighted by atomic mass is 10.1. The number of hydrogen-bond donors (Lipinski definition) is 3. The molecule has 0 aliphatic carbocycles. The van der Waals surface area contributed by atoms with Crippen molar-refractivity contribution in [2.75, 3.05) is 5.32 Å². The first-order valence-corrected chi connectivity index (χ1v) is 6.47. The molecule has 0 aliphatic heterocycles. The zero-order valence-corrected chi connectivity index (χ0v) is 11.6. The summed E-state index contributed by atoms with van der Waals surface area (Å²) >= 11 is 3.27. The molecule has 98 valence electrons. The fourth-order valence-electron chi connectivity index (χ4n) is 1.63. The van der Waals surface area contributed by atoms with Crippen molar-refractivity contribution < 1.29 is 9.90 Å². The third-order valence-corrected chi connectivity index (χ3v) is 3.15. The van der Waals surface area contributed by atoms with Gasteiger partial charge in [0.2, 0.25) is 5.91 Å². The monoisotopic (exact) mass is 320 g/mol. The summed E-state index contributed by atoms with van der Waals surface area (Å²) in [5, 5.41) is 12.3. The van der Waals surface area contributed by atoms with Gasteiger partial charge in [0.1, 0.15) is 11.8 Å². The molecule has 0 spiro atoms. The quantitative estimate of drug-likeness (QED) is 0.761. The van der Waals surface area contributed by atoms with Crippen LogP contribution in [-0.4, -0.2) is 11.0 Å². The van der Waals surface area contributed by atoms with Crippen LogP contribution in [-0.2, 0) is 4.79 Å². The number of carbonyl (C=O) groups excluding carboxylic acids is 1. The average molecular weight is 321 g/mol. The summed E-state index contributed by atoms with van der Waals surface area (Å²) in [5.41, 5.74) is 6.91. The van der Waals surface area contributed by atoms with Crippen molar-refractivity contribution in [3.63, 3.8) is 0 Å². The Morgan fingerprint density at radius 2 is 1.89 bits per heavy atom. The smallest absolute Gasteiger partial charge is 0.245 e. The molecule has 0 heterocycles. The zero-order valence-electron chi connectivity index (χ0n) is 10.0. The second-order valence-electron chi connectivity index (χ2n) is 4.04. The minimum atomic E-state index is -0.778. The zero-order chi connectivity index (χ0) is 13.8. The maximum Gasteiger partial charge on any atom is 0.245 e. The molecule has 0 aliphatic rings. The number of hydrogen-bond acceptors (Lipinski definition) is 3. The standard InChI is InChI=1S/C14H13BrN2O2/c15-10-6-7-12(18)11(8-10)17-14(19)13(16)9-4-2-1-3-5-9/h1-8,13,18H,16H2,(H,17,19)/t13-/m0/s1. The average Bonchev–Trinajstić information content (AvgIpc) is 2.43. The molecule has 5 heteroatoms. The molecule has 2 rings (SSSR count). The fraction of sp³-hybridized carbons (Fsp3) is 0.0714. The van der Waals surface area contributed by atoms with E-state index in [1.807, 2.05) is 18.2 Å². The number of benzene rings is 2. The Labute approximate surface area is 119 Å². The molecule has 4 N–H and O–H groups in total. The Bertz CT molecular complexity index is 587. The largest absolute Gasteiger partial charge is 0.506 e. The molecule has 0 fully saturated rings. The highest BCUT2D eigenvalue weighted by Crippen LogP contribution is 2.27. The number of amides is 1. The van der Waals surface area contributed by atoms with E-state index in [4.69, 9.17) is 5.73 Å². The van der Waals surface area contributed by atoms with Crippen LogP contribution in [0.4, 0.5) is 5.69 Å². The highest BCUT2D eigenvalue weighted by Gasteiger charge is 2.16. The molecule has 0 saturated carbocycles. The van der Waals surface area contributed by atoms with Gasteiger partial charge in [-0.15, -0.1) is 0 Å². The van der Waals surface area contributed by atoms with Gasteiger partial charge in [0, 0.05) is 4.47 Å². The van der Waals surface area contributed by atoms with Crippen molar-refractivity contribution in [1.29, 1.82) is 0 Å². The lowest BCUT2D eigenvalue weighted by Crippen LogP contribution is -2.27. The van der Waals surface area contributed by atoms with Gasteiger partial charge in [0.25, 0.3) is 0 Å². The van der Waals surface area contributed by atoms with E-state index >= 15 is 0 Å². The summed E-state index contributed by atoms with van der Waals surface area (Å²) < 4.78 is 0.758. The van der Waals surface area contributed by atoms with Crippen LogP contribution in [0.1, 0.15) is 11.6 Å². The first kappa shape index (κ1) is 13.6. The number of phenols is 1. The normalized spacial score (nSPS) is 11.9.